The highest BCUT2D eigenvalue weighted by molar-refractivity contribution is 5.73. The van der Waals surface area contributed by atoms with Gasteiger partial charge in [0.05, 0.1) is 24.5 Å². The zero-order chi connectivity index (χ0) is 25.2. The number of anilines is 3. The van der Waals surface area contributed by atoms with Gasteiger partial charge in [-0.1, -0.05) is 6.07 Å². The summed E-state index contributed by atoms with van der Waals surface area (Å²) in [4.78, 5) is 12.8. The number of nitrogens with one attached hydrogen (secondary N) is 1. The molecule has 5 rings (SSSR count). The number of hydrogen-bond donors (Lipinski definition) is 1. The fourth-order valence-electron chi connectivity index (χ4n) is 4.82. The van der Waals surface area contributed by atoms with E-state index in [0.29, 0.717) is 30.8 Å². The van der Waals surface area contributed by atoms with Crippen molar-refractivity contribution >= 4 is 17.3 Å². The highest BCUT2D eigenvalue weighted by Crippen LogP contribution is 2.39. The summed E-state index contributed by atoms with van der Waals surface area (Å²) in [5, 5.41) is 12.0. The molecule has 3 aromatic rings. The van der Waals surface area contributed by atoms with Crippen LogP contribution in [-0.2, 0) is 13.0 Å². The summed E-state index contributed by atoms with van der Waals surface area (Å²) < 4.78 is 35.3. The van der Waals surface area contributed by atoms with Crippen molar-refractivity contribution in [3.05, 3.63) is 59.3 Å². The van der Waals surface area contributed by atoms with Gasteiger partial charge in [0, 0.05) is 43.3 Å². The molecule has 186 valence electrons. The molecule has 0 unspecified atom stereocenters. The van der Waals surface area contributed by atoms with Gasteiger partial charge in [-0.15, -0.1) is 0 Å². The molecule has 1 N–H and O–H groups in total. The van der Waals surface area contributed by atoms with Gasteiger partial charge in [0.25, 0.3) is 0 Å². The summed E-state index contributed by atoms with van der Waals surface area (Å²) in [7, 11) is 0. The lowest BCUT2D eigenvalue weighted by Gasteiger charge is -2.34. The zero-order valence-electron chi connectivity index (χ0n) is 20.4. The molecule has 9 heteroatoms. The van der Waals surface area contributed by atoms with Gasteiger partial charge in [0.1, 0.15) is 12.3 Å². The summed E-state index contributed by atoms with van der Waals surface area (Å²) in [5.74, 6) is -0.755. The maximum atomic E-state index is 14.9. The number of nitrogens with zero attached hydrogens (tertiary/aromatic N) is 5. The van der Waals surface area contributed by atoms with E-state index in [2.05, 4.69) is 38.4 Å². The minimum absolute atomic E-state index is 0.0228. The summed E-state index contributed by atoms with van der Waals surface area (Å²) in [6.45, 7) is 7.56. The summed E-state index contributed by atoms with van der Waals surface area (Å²) in [5.41, 5.74) is 4.20. The van der Waals surface area contributed by atoms with E-state index in [1.165, 1.54) is 17.2 Å². The second-order valence-electron chi connectivity index (χ2n) is 9.37. The first-order chi connectivity index (χ1) is 17.4. The van der Waals surface area contributed by atoms with Gasteiger partial charge in [-0.05, 0) is 55.7 Å². The molecule has 0 saturated carbocycles. The molecule has 0 radical (unpaired) electrons. The third-order valence-electron chi connectivity index (χ3n) is 6.65. The molecule has 2 aromatic carbocycles. The number of rotatable bonds is 6. The fourth-order valence-corrected chi connectivity index (χ4v) is 4.82. The van der Waals surface area contributed by atoms with Gasteiger partial charge < -0.3 is 15.0 Å². The molecule has 7 nitrogen and oxygen atoms in total. The molecule has 36 heavy (non-hydrogen) atoms. The van der Waals surface area contributed by atoms with Crippen molar-refractivity contribution in [2.45, 2.75) is 39.3 Å². The SMILES string of the molecule is CC(C)N1CCOc2c(F)cc(-c3nc(Nc4ccc5c(c4)CCN(CCC#N)C5)ncc3F)cc21. The van der Waals surface area contributed by atoms with E-state index in [4.69, 9.17) is 10.00 Å². The van der Waals surface area contributed by atoms with Crippen LogP contribution >= 0.6 is 0 Å². The first kappa shape index (κ1) is 23.9. The Hall–Kier alpha value is -3.77. The van der Waals surface area contributed by atoms with Crippen molar-refractivity contribution in [2.75, 3.05) is 36.5 Å². The number of nitriles is 1. The number of ether oxygens (including phenoxy) is 1. The lowest BCUT2D eigenvalue weighted by atomic mass is 9.99. The van der Waals surface area contributed by atoms with Crippen LogP contribution in [0, 0.1) is 23.0 Å². The lowest BCUT2D eigenvalue weighted by molar-refractivity contribution is 0.260. The molecular weight excluding hydrogens is 462 g/mol. The van der Waals surface area contributed by atoms with E-state index in [9.17, 15) is 8.78 Å². The predicted molar refractivity (Wildman–Crippen MR) is 134 cm³/mol. The number of aromatic nitrogens is 2. The van der Waals surface area contributed by atoms with Gasteiger partial charge in [0.2, 0.25) is 5.95 Å². The second-order valence-corrected chi connectivity index (χ2v) is 9.37. The van der Waals surface area contributed by atoms with Gasteiger partial charge in [0.15, 0.2) is 17.4 Å². The highest BCUT2D eigenvalue weighted by atomic mass is 19.1. The Morgan fingerprint density at radius 2 is 2.00 bits per heavy atom. The first-order valence-corrected chi connectivity index (χ1v) is 12.2. The van der Waals surface area contributed by atoms with Crippen LogP contribution in [0.2, 0.25) is 0 Å². The molecule has 0 spiro atoms. The van der Waals surface area contributed by atoms with E-state index < -0.39 is 11.6 Å². The normalized spacial score (nSPS) is 15.2. The summed E-state index contributed by atoms with van der Waals surface area (Å²) in [6.07, 6.45) is 2.51. The Bertz CT molecular complexity index is 1320. The van der Waals surface area contributed by atoms with Gasteiger partial charge in [-0.25, -0.2) is 18.7 Å². The van der Waals surface area contributed by atoms with Gasteiger partial charge >= 0.3 is 0 Å². The smallest absolute Gasteiger partial charge is 0.227 e. The molecule has 0 saturated heterocycles. The molecular formula is C27H28F2N6O. The standard InChI is InChI=1S/C27H28F2N6O/c1-17(2)35-10-11-36-26-22(28)13-20(14-24(26)35)25-23(29)15-31-27(33-25)32-21-5-4-19-16-34(8-3-7-30)9-6-18(19)12-21/h4-5,12-15,17H,3,6,8-11,16H2,1-2H3,(H,31,32,33). The van der Waals surface area contributed by atoms with Crippen LogP contribution in [0.5, 0.6) is 5.75 Å². The summed E-state index contributed by atoms with van der Waals surface area (Å²) >= 11 is 0. The average molecular weight is 491 g/mol. The van der Waals surface area contributed by atoms with Crippen molar-refractivity contribution < 1.29 is 13.5 Å². The van der Waals surface area contributed by atoms with Gasteiger partial charge in [-0.2, -0.15) is 5.26 Å². The number of fused-ring (bicyclic) bond motifs is 2. The van der Waals surface area contributed by atoms with Crippen LogP contribution in [-0.4, -0.2) is 47.2 Å². The van der Waals surface area contributed by atoms with Crippen LogP contribution in [0.1, 0.15) is 31.4 Å². The number of benzene rings is 2. The maximum absolute atomic E-state index is 14.9. The van der Waals surface area contributed by atoms with E-state index in [0.717, 1.165) is 37.9 Å². The number of halogens is 2. The van der Waals surface area contributed by atoms with Crippen LogP contribution in [0.3, 0.4) is 0 Å². The molecule has 3 heterocycles. The average Bonchev–Trinajstić information content (AvgIpc) is 2.88. The van der Waals surface area contributed by atoms with Crippen molar-refractivity contribution in [1.29, 1.82) is 5.26 Å². The van der Waals surface area contributed by atoms with E-state index in [1.54, 1.807) is 6.07 Å². The van der Waals surface area contributed by atoms with E-state index >= 15 is 0 Å². The second kappa shape index (κ2) is 10.1. The van der Waals surface area contributed by atoms with Crippen LogP contribution in [0.15, 0.2) is 36.5 Å². The molecule has 2 aliphatic rings. The van der Waals surface area contributed by atoms with Gasteiger partial charge in [-0.3, -0.25) is 4.90 Å². The molecule has 0 aliphatic carbocycles. The maximum Gasteiger partial charge on any atom is 0.227 e. The molecule has 1 aromatic heterocycles. The molecule has 0 amide bonds. The van der Waals surface area contributed by atoms with Crippen molar-refractivity contribution in [3.8, 4) is 23.1 Å². The third kappa shape index (κ3) is 4.82. The van der Waals surface area contributed by atoms with E-state index in [1.807, 2.05) is 24.8 Å². The topological polar surface area (TPSA) is 77.3 Å². The molecule has 2 aliphatic heterocycles. The quantitative estimate of drug-likeness (QED) is 0.518. The number of hydrogen-bond acceptors (Lipinski definition) is 7. The third-order valence-corrected chi connectivity index (χ3v) is 6.65. The largest absolute Gasteiger partial charge is 0.486 e. The lowest BCUT2D eigenvalue weighted by Crippen LogP contribution is -2.38. The molecule has 0 atom stereocenters. The van der Waals surface area contributed by atoms with Crippen LogP contribution in [0.4, 0.5) is 26.1 Å². The Kier molecular flexibility index (Phi) is 6.70. The Labute approximate surface area is 209 Å². The molecule has 0 bridgehead atoms. The van der Waals surface area contributed by atoms with Crippen LogP contribution < -0.4 is 15.0 Å². The summed E-state index contributed by atoms with van der Waals surface area (Å²) in [6, 6.07) is 11.4. The minimum atomic E-state index is -0.629. The minimum Gasteiger partial charge on any atom is -0.486 e. The first-order valence-electron chi connectivity index (χ1n) is 12.2. The van der Waals surface area contributed by atoms with Crippen molar-refractivity contribution in [1.82, 2.24) is 14.9 Å². The zero-order valence-corrected chi connectivity index (χ0v) is 20.4. The highest BCUT2D eigenvalue weighted by Gasteiger charge is 2.26. The Morgan fingerprint density at radius 1 is 1.14 bits per heavy atom. The van der Waals surface area contributed by atoms with E-state index in [-0.39, 0.29) is 23.4 Å². The van der Waals surface area contributed by atoms with Crippen LogP contribution in [0.25, 0.3) is 11.3 Å². The van der Waals surface area contributed by atoms with Crippen molar-refractivity contribution in [2.24, 2.45) is 0 Å². The Balaban J connectivity index is 1.40. The van der Waals surface area contributed by atoms with Crippen molar-refractivity contribution in [3.63, 3.8) is 0 Å². The Morgan fingerprint density at radius 3 is 2.81 bits per heavy atom. The fraction of sp³-hybridized carbons (Fsp3) is 0.370. The molecule has 0 fully saturated rings. The monoisotopic (exact) mass is 490 g/mol. The predicted octanol–water partition coefficient (Wildman–Crippen LogP) is 5.04.